The minimum Gasteiger partial charge on any atom is -0.383 e. The molecule has 20 heavy (non-hydrogen) atoms. The zero-order chi connectivity index (χ0) is 14.6. The lowest BCUT2D eigenvalue weighted by atomic mass is 10.4. The number of hydrogen-bond donors (Lipinski definition) is 2. The maximum atomic E-state index is 12.4. The molecule has 2 aromatic heterocycles. The smallest absolute Gasteiger partial charge is 0.260 e. The Balaban J connectivity index is 2.27. The summed E-state index contributed by atoms with van der Waals surface area (Å²) in [6, 6.07) is 3.00. The van der Waals surface area contributed by atoms with Gasteiger partial charge in [-0.1, -0.05) is 0 Å². The first-order chi connectivity index (χ1) is 9.54. The Bertz CT molecular complexity index is 656. The van der Waals surface area contributed by atoms with E-state index in [1.54, 1.807) is 25.3 Å². The van der Waals surface area contributed by atoms with E-state index >= 15 is 0 Å². The van der Waals surface area contributed by atoms with E-state index in [1.165, 1.54) is 17.5 Å². The van der Waals surface area contributed by atoms with E-state index in [2.05, 4.69) is 20.0 Å². The number of nitrogens with one attached hydrogen (secondary N) is 2. The van der Waals surface area contributed by atoms with Gasteiger partial charge >= 0.3 is 0 Å². The summed E-state index contributed by atoms with van der Waals surface area (Å²) in [6.07, 6.45) is 3.11. The molecule has 2 aromatic rings. The van der Waals surface area contributed by atoms with Gasteiger partial charge in [-0.2, -0.15) is 0 Å². The van der Waals surface area contributed by atoms with Crippen molar-refractivity contribution in [1.82, 2.24) is 14.7 Å². The SMILES string of the molecule is CCNc1cccnc1S(=O)(=O)NC(C)c1nccs1. The van der Waals surface area contributed by atoms with E-state index in [9.17, 15) is 8.42 Å². The van der Waals surface area contributed by atoms with Gasteiger partial charge in [-0.3, -0.25) is 0 Å². The minimum absolute atomic E-state index is 0.00487. The molecule has 0 aliphatic carbocycles. The van der Waals surface area contributed by atoms with E-state index in [0.29, 0.717) is 12.2 Å². The summed E-state index contributed by atoms with van der Waals surface area (Å²) in [5.41, 5.74) is 0.494. The zero-order valence-electron chi connectivity index (χ0n) is 11.2. The van der Waals surface area contributed by atoms with Crippen molar-refractivity contribution in [2.24, 2.45) is 0 Å². The summed E-state index contributed by atoms with van der Waals surface area (Å²) in [6.45, 7) is 4.28. The average Bonchev–Trinajstić information content (AvgIpc) is 2.93. The van der Waals surface area contributed by atoms with E-state index < -0.39 is 16.1 Å². The number of sulfonamides is 1. The molecule has 2 rings (SSSR count). The van der Waals surface area contributed by atoms with Crippen LogP contribution in [0.25, 0.3) is 0 Å². The molecule has 8 heteroatoms. The maximum Gasteiger partial charge on any atom is 0.260 e. The Morgan fingerprint density at radius 3 is 2.80 bits per heavy atom. The van der Waals surface area contributed by atoms with Crippen molar-refractivity contribution in [3.05, 3.63) is 34.9 Å². The Morgan fingerprint density at radius 2 is 2.15 bits per heavy atom. The van der Waals surface area contributed by atoms with Crippen LogP contribution in [0.5, 0.6) is 0 Å². The predicted molar refractivity (Wildman–Crippen MR) is 79.3 cm³/mol. The summed E-state index contributed by atoms with van der Waals surface area (Å²) >= 11 is 1.41. The molecular formula is C12H16N4O2S2. The minimum atomic E-state index is -3.70. The van der Waals surface area contributed by atoms with Crippen LogP contribution < -0.4 is 10.0 Å². The second-order valence-electron chi connectivity index (χ2n) is 4.10. The van der Waals surface area contributed by atoms with Crippen LogP contribution in [-0.2, 0) is 10.0 Å². The van der Waals surface area contributed by atoms with Crippen LogP contribution in [0, 0.1) is 0 Å². The molecule has 0 amide bonds. The second kappa shape index (κ2) is 6.29. The predicted octanol–water partition coefficient (Wildman–Crippen LogP) is 2.01. The Hall–Kier alpha value is -1.51. The van der Waals surface area contributed by atoms with Gasteiger partial charge in [0.15, 0.2) is 5.03 Å². The Kier molecular flexibility index (Phi) is 4.69. The highest BCUT2D eigenvalue weighted by atomic mass is 32.2. The molecule has 1 atom stereocenters. The molecule has 0 aliphatic rings. The van der Waals surface area contributed by atoms with Crippen molar-refractivity contribution in [1.29, 1.82) is 0 Å². The molecule has 0 saturated heterocycles. The quantitative estimate of drug-likeness (QED) is 0.852. The van der Waals surface area contributed by atoms with Crippen molar-refractivity contribution in [2.45, 2.75) is 24.9 Å². The van der Waals surface area contributed by atoms with E-state index in [-0.39, 0.29) is 5.03 Å². The molecule has 2 N–H and O–H groups in total. The fourth-order valence-corrected chi connectivity index (χ4v) is 3.76. The van der Waals surface area contributed by atoms with Gasteiger partial charge in [0.1, 0.15) is 5.01 Å². The van der Waals surface area contributed by atoms with Crippen LogP contribution in [0.4, 0.5) is 5.69 Å². The third kappa shape index (κ3) is 3.33. The molecule has 0 aliphatic heterocycles. The number of thiazole rings is 1. The van der Waals surface area contributed by atoms with Crippen LogP contribution in [0.2, 0.25) is 0 Å². The molecule has 0 radical (unpaired) electrons. The number of anilines is 1. The zero-order valence-corrected chi connectivity index (χ0v) is 12.8. The fraction of sp³-hybridized carbons (Fsp3) is 0.333. The topological polar surface area (TPSA) is 84.0 Å². The molecule has 1 unspecified atom stereocenters. The number of pyridine rings is 1. The number of nitrogens with zero attached hydrogens (tertiary/aromatic N) is 2. The molecule has 6 nitrogen and oxygen atoms in total. The molecule has 0 bridgehead atoms. The van der Waals surface area contributed by atoms with E-state index in [1.807, 2.05) is 12.3 Å². The summed E-state index contributed by atoms with van der Waals surface area (Å²) < 4.78 is 27.4. The molecule has 0 aromatic carbocycles. The number of aromatic nitrogens is 2. The van der Waals surface area contributed by atoms with Crippen molar-refractivity contribution in [3.8, 4) is 0 Å². The van der Waals surface area contributed by atoms with Crippen molar-refractivity contribution >= 4 is 27.0 Å². The van der Waals surface area contributed by atoms with Gasteiger partial charge in [0.05, 0.1) is 11.7 Å². The fourth-order valence-electron chi connectivity index (χ4n) is 1.72. The summed E-state index contributed by atoms with van der Waals surface area (Å²) in [5, 5.41) is 5.53. The summed E-state index contributed by atoms with van der Waals surface area (Å²) in [5.74, 6) is 0. The molecule has 2 heterocycles. The highest BCUT2D eigenvalue weighted by Gasteiger charge is 2.23. The molecule has 0 spiro atoms. The lowest BCUT2D eigenvalue weighted by Gasteiger charge is -2.14. The Morgan fingerprint density at radius 1 is 1.35 bits per heavy atom. The van der Waals surface area contributed by atoms with Crippen molar-refractivity contribution < 1.29 is 8.42 Å². The number of rotatable bonds is 6. The second-order valence-corrected chi connectivity index (χ2v) is 6.66. The highest BCUT2D eigenvalue weighted by molar-refractivity contribution is 7.89. The highest BCUT2D eigenvalue weighted by Crippen LogP contribution is 2.21. The lowest BCUT2D eigenvalue weighted by molar-refractivity contribution is 0.563. The number of hydrogen-bond acceptors (Lipinski definition) is 6. The first-order valence-electron chi connectivity index (χ1n) is 6.15. The molecule has 0 saturated carbocycles. The van der Waals surface area contributed by atoms with Crippen LogP contribution >= 0.6 is 11.3 Å². The normalized spacial score (nSPS) is 13.1. The van der Waals surface area contributed by atoms with Gasteiger partial charge < -0.3 is 5.32 Å². The first-order valence-corrected chi connectivity index (χ1v) is 8.51. The van der Waals surface area contributed by atoms with E-state index in [0.717, 1.165) is 5.01 Å². The largest absolute Gasteiger partial charge is 0.383 e. The summed E-state index contributed by atoms with van der Waals surface area (Å²) in [4.78, 5) is 8.08. The average molecular weight is 312 g/mol. The van der Waals surface area contributed by atoms with Crippen LogP contribution in [0.1, 0.15) is 24.9 Å². The van der Waals surface area contributed by atoms with Gasteiger partial charge in [-0.05, 0) is 26.0 Å². The standard InChI is InChI=1S/C12H16N4O2S2/c1-3-13-10-5-4-6-15-12(10)20(17,18)16-9(2)11-14-7-8-19-11/h4-9,13,16H,3H2,1-2H3. The van der Waals surface area contributed by atoms with Gasteiger partial charge in [0.25, 0.3) is 10.0 Å². The van der Waals surface area contributed by atoms with Gasteiger partial charge in [0, 0.05) is 24.3 Å². The van der Waals surface area contributed by atoms with Gasteiger partial charge in [-0.25, -0.2) is 23.1 Å². The van der Waals surface area contributed by atoms with Crippen molar-refractivity contribution in [3.63, 3.8) is 0 Å². The van der Waals surface area contributed by atoms with Gasteiger partial charge in [0.2, 0.25) is 0 Å². The lowest BCUT2D eigenvalue weighted by Crippen LogP contribution is -2.28. The van der Waals surface area contributed by atoms with Crippen molar-refractivity contribution in [2.75, 3.05) is 11.9 Å². The van der Waals surface area contributed by atoms with E-state index in [4.69, 9.17) is 0 Å². The maximum absolute atomic E-state index is 12.4. The van der Waals surface area contributed by atoms with Gasteiger partial charge in [-0.15, -0.1) is 11.3 Å². The Labute approximate surface area is 122 Å². The third-order valence-electron chi connectivity index (χ3n) is 2.55. The van der Waals surface area contributed by atoms with Crippen LogP contribution in [0.15, 0.2) is 34.9 Å². The first kappa shape index (κ1) is 14.9. The molecule has 0 fully saturated rings. The molecular weight excluding hydrogens is 296 g/mol. The van der Waals surface area contributed by atoms with Crippen LogP contribution in [-0.4, -0.2) is 24.9 Å². The molecule has 108 valence electrons. The summed E-state index contributed by atoms with van der Waals surface area (Å²) in [7, 11) is -3.70. The van der Waals surface area contributed by atoms with Crippen LogP contribution in [0.3, 0.4) is 0 Å². The third-order valence-corrected chi connectivity index (χ3v) is 5.00. The monoisotopic (exact) mass is 312 g/mol.